The molecule has 1 aliphatic rings. The van der Waals surface area contributed by atoms with E-state index in [-0.39, 0.29) is 12.2 Å². The Kier molecular flexibility index (Phi) is 6.93. The van der Waals surface area contributed by atoms with E-state index in [2.05, 4.69) is 5.32 Å². The molecule has 146 valence electrons. The van der Waals surface area contributed by atoms with Crippen molar-refractivity contribution >= 4 is 17.2 Å². The van der Waals surface area contributed by atoms with Gasteiger partial charge in [0.2, 0.25) is 0 Å². The van der Waals surface area contributed by atoms with Crippen LogP contribution in [0.1, 0.15) is 12.5 Å². The molecule has 1 fully saturated rings. The third-order valence-electron chi connectivity index (χ3n) is 4.66. The highest BCUT2D eigenvalue weighted by Gasteiger charge is 2.39. The van der Waals surface area contributed by atoms with Gasteiger partial charge in [-0.1, -0.05) is 12.1 Å². The molecule has 1 aromatic rings. The first-order chi connectivity index (χ1) is 12.8. The van der Waals surface area contributed by atoms with Crippen molar-refractivity contribution in [3.63, 3.8) is 0 Å². The average molecular weight is 375 g/mol. The second-order valence-electron chi connectivity index (χ2n) is 6.67. The molecule has 1 saturated heterocycles. The van der Waals surface area contributed by atoms with Crippen LogP contribution in [0, 0.1) is 11.3 Å². The maximum Gasteiger partial charge on any atom is 0.262 e. The second kappa shape index (κ2) is 8.97. The van der Waals surface area contributed by atoms with E-state index in [1.54, 1.807) is 6.92 Å². The van der Waals surface area contributed by atoms with Gasteiger partial charge in [0, 0.05) is 19.8 Å². The Balaban J connectivity index is 2.17. The third-order valence-corrected chi connectivity index (χ3v) is 4.66. The summed E-state index contributed by atoms with van der Waals surface area (Å²) in [4.78, 5) is 14.5. The lowest BCUT2D eigenvalue weighted by molar-refractivity contribution is -0.163. The van der Waals surface area contributed by atoms with E-state index in [9.17, 15) is 20.3 Å². The SMILES string of the molecule is C/C(=C(/C#N)C(=O)N[C@H]1CO[C@H](CO)[C@@H](O)[C@@H]1O)c1ccc(N(C)C)cc1. The summed E-state index contributed by atoms with van der Waals surface area (Å²) in [5, 5.41) is 41.1. The minimum absolute atomic E-state index is 0.0789. The van der Waals surface area contributed by atoms with Crippen LogP contribution in [0.3, 0.4) is 0 Å². The van der Waals surface area contributed by atoms with Crippen molar-refractivity contribution in [2.45, 2.75) is 31.3 Å². The Morgan fingerprint density at radius 1 is 1.30 bits per heavy atom. The fourth-order valence-corrected chi connectivity index (χ4v) is 2.87. The van der Waals surface area contributed by atoms with Gasteiger partial charge < -0.3 is 30.3 Å². The summed E-state index contributed by atoms with van der Waals surface area (Å²) in [6, 6.07) is 8.43. The zero-order valence-corrected chi connectivity index (χ0v) is 15.6. The number of nitrogens with one attached hydrogen (secondary N) is 1. The molecule has 0 unspecified atom stereocenters. The van der Waals surface area contributed by atoms with E-state index < -0.39 is 36.9 Å². The van der Waals surface area contributed by atoms with Crippen molar-refractivity contribution < 1.29 is 24.9 Å². The number of hydrogen-bond acceptors (Lipinski definition) is 7. The molecule has 0 saturated carbocycles. The number of rotatable bonds is 5. The van der Waals surface area contributed by atoms with E-state index in [0.29, 0.717) is 5.57 Å². The number of allylic oxidation sites excluding steroid dienone is 1. The first-order valence-electron chi connectivity index (χ1n) is 8.58. The fourth-order valence-electron chi connectivity index (χ4n) is 2.87. The number of carbonyl (C=O) groups is 1. The summed E-state index contributed by atoms with van der Waals surface area (Å²) in [5.41, 5.74) is 2.14. The van der Waals surface area contributed by atoms with E-state index in [4.69, 9.17) is 9.84 Å². The van der Waals surface area contributed by atoms with E-state index in [1.165, 1.54) is 0 Å². The largest absolute Gasteiger partial charge is 0.394 e. The van der Waals surface area contributed by atoms with Gasteiger partial charge in [0.25, 0.3) is 5.91 Å². The van der Waals surface area contributed by atoms with E-state index in [0.717, 1.165) is 11.3 Å². The molecule has 0 spiro atoms. The van der Waals surface area contributed by atoms with Gasteiger partial charge in [0.15, 0.2) is 0 Å². The molecule has 0 radical (unpaired) electrons. The topological polar surface area (TPSA) is 126 Å². The zero-order valence-electron chi connectivity index (χ0n) is 15.6. The third kappa shape index (κ3) is 4.64. The monoisotopic (exact) mass is 375 g/mol. The van der Waals surface area contributed by atoms with Gasteiger partial charge >= 0.3 is 0 Å². The fraction of sp³-hybridized carbons (Fsp3) is 0.474. The van der Waals surface area contributed by atoms with Crippen LogP contribution in [0.25, 0.3) is 5.57 Å². The molecule has 2 rings (SSSR count). The number of amides is 1. The smallest absolute Gasteiger partial charge is 0.262 e. The summed E-state index contributed by atoms with van der Waals surface area (Å²) in [5.74, 6) is -0.658. The predicted octanol–water partition coefficient (Wildman–Crippen LogP) is -0.353. The lowest BCUT2D eigenvalue weighted by Crippen LogP contribution is -2.60. The van der Waals surface area contributed by atoms with Crippen molar-refractivity contribution in [2.75, 3.05) is 32.2 Å². The maximum atomic E-state index is 12.5. The predicted molar refractivity (Wildman–Crippen MR) is 99.7 cm³/mol. The number of benzene rings is 1. The minimum Gasteiger partial charge on any atom is -0.394 e. The van der Waals surface area contributed by atoms with Gasteiger partial charge in [0.1, 0.15) is 30.0 Å². The number of aliphatic hydroxyl groups is 3. The molecule has 1 amide bonds. The molecule has 8 heteroatoms. The zero-order chi connectivity index (χ0) is 20.1. The van der Waals surface area contributed by atoms with Crippen LogP contribution in [-0.2, 0) is 9.53 Å². The van der Waals surface area contributed by atoms with Crippen molar-refractivity contribution in [1.82, 2.24) is 5.32 Å². The number of ether oxygens (including phenoxy) is 1. The first-order valence-corrected chi connectivity index (χ1v) is 8.58. The van der Waals surface area contributed by atoms with E-state index >= 15 is 0 Å². The van der Waals surface area contributed by atoms with Crippen LogP contribution in [0.5, 0.6) is 0 Å². The second-order valence-corrected chi connectivity index (χ2v) is 6.67. The van der Waals surface area contributed by atoms with Gasteiger partial charge in [-0.25, -0.2) is 0 Å². The Hall–Kier alpha value is -2.44. The Morgan fingerprint density at radius 2 is 1.93 bits per heavy atom. The molecule has 1 aromatic carbocycles. The van der Waals surface area contributed by atoms with Crippen molar-refractivity contribution in [3.8, 4) is 6.07 Å². The summed E-state index contributed by atoms with van der Waals surface area (Å²) < 4.78 is 5.24. The molecule has 4 N–H and O–H groups in total. The highest BCUT2D eigenvalue weighted by Crippen LogP contribution is 2.22. The normalized spacial score (nSPS) is 26.0. The lowest BCUT2D eigenvalue weighted by Gasteiger charge is -2.37. The van der Waals surface area contributed by atoms with Crippen LogP contribution >= 0.6 is 0 Å². The highest BCUT2D eigenvalue weighted by molar-refractivity contribution is 6.04. The Bertz CT molecular complexity index is 739. The average Bonchev–Trinajstić information content (AvgIpc) is 2.66. The van der Waals surface area contributed by atoms with Crippen LogP contribution in [0.4, 0.5) is 5.69 Å². The van der Waals surface area contributed by atoms with Crippen molar-refractivity contribution in [1.29, 1.82) is 5.26 Å². The summed E-state index contributed by atoms with van der Waals surface area (Å²) in [6.45, 7) is 1.15. The molecular weight excluding hydrogens is 350 g/mol. The summed E-state index contributed by atoms with van der Waals surface area (Å²) in [6.07, 6.45) is -3.54. The maximum absolute atomic E-state index is 12.5. The number of nitrogens with zero attached hydrogens (tertiary/aromatic N) is 2. The summed E-state index contributed by atoms with van der Waals surface area (Å²) in [7, 11) is 3.83. The minimum atomic E-state index is -1.33. The molecule has 0 aromatic heterocycles. The van der Waals surface area contributed by atoms with E-state index in [1.807, 2.05) is 49.3 Å². The molecular formula is C19H25N3O5. The molecule has 1 aliphatic heterocycles. The van der Waals surface area contributed by atoms with Crippen LogP contribution in [0.2, 0.25) is 0 Å². The van der Waals surface area contributed by atoms with Gasteiger partial charge in [-0.05, 0) is 30.2 Å². The van der Waals surface area contributed by atoms with Gasteiger partial charge in [-0.2, -0.15) is 5.26 Å². The van der Waals surface area contributed by atoms with Crippen LogP contribution < -0.4 is 10.2 Å². The number of hydrogen-bond donors (Lipinski definition) is 4. The van der Waals surface area contributed by atoms with Crippen LogP contribution in [0.15, 0.2) is 29.8 Å². The number of carbonyl (C=O) groups excluding carboxylic acids is 1. The molecule has 0 bridgehead atoms. The molecule has 0 aliphatic carbocycles. The van der Waals surface area contributed by atoms with Gasteiger partial charge in [-0.3, -0.25) is 4.79 Å². The van der Waals surface area contributed by atoms with Gasteiger partial charge in [-0.15, -0.1) is 0 Å². The molecule has 1 heterocycles. The molecule has 8 nitrogen and oxygen atoms in total. The highest BCUT2D eigenvalue weighted by atomic mass is 16.5. The van der Waals surface area contributed by atoms with Gasteiger partial charge in [0.05, 0.1) is 19.3 Å². The van der Waals surface area contributed by atoms with Crippen molar-refractivity contribution in [3.05, 3.63) is 35.4 Å². The Morgan fingerprint density at radius 3 is 2.44 bits per heavy atom. The number of aliphatic hydroxyl groups excluding tert-OH is 3. The van der Waals surface area contributed by atoms with Crippen molar-refractivity contribution in [2.24, 2.45) is 0 Å². The first kappa shape index (κ1) is 20.9. The Labute approximate surface area is 158 Å². The molecule has 4 atom stereocenters. The number of anilines is 1. The standard InChI is InChI=1S/C19H25N3O5/c1-11(12-4-6-13(7-5-12)22(2)3)14(8-20)19(26)21-15-10-27-16(9-23)18(25)17(15)24/h4-7,15-18,23-25H,9-10H2,1-3H3,(H,21,26)/b14-11+/t15-,16+,17+,18+/m0/s1. The lowest BCUT2D eigenvalue weighted by atomic mass is 9.97. The number of nitriles is 1. The van der Waals surface area contributed by atoms with Crippen LogP contribution in [-0.4, -0.2) is 72.9 Å². The quantitative estimate of drug-likeness (QED) is 0.409. The summed E-state index contributed by atoms with van der Waals surface area (Å²) >= 11 is 0. The molecule has 27 heavy (non-hydrogen) atoms.